The number of nitrogens with one attached hydrogen (secondary N) is 1. The Labute approximate surface area is 206 Å². The smallest absolute Gasteiger partial charge is 0.268 e. The van der Waals surface area contributed by atoms with Gasteiger partial charge in [-0.1, -0.05) is 74.6 Å². The maximum Gasteiger partial charge on any atom is 0.268 e. The zero-order valence-corrected chi connectivity index (χ0v) is 20.7. The van der Waals surface area contributed by atoms with Crippen molar-refractivity contribution in [2.24, 2.45) is 0 Å². The Bertz CT molecular complexity index is 1140. The van der Waals surface area contributed by atoms with Gasteiger partial charge in [-0.05, 0) is 42.7 Å². The monoisotopic (exact) mass is 473 g/mol. The first-order valence-electron chi connectivity index (χ1n) is 11.7. The summed E-state index contributed by atoms with van der Waals surface area (Å²) >= 11 is 1.42. The number of hydrogen-bond acceptors (Lipinski definition) is 5. The lowest BCUT2D eigenvalue weighted by atomic mass is 10.1. The van der Waals surface area contributed by atoms with Crippen LogP contribution < -0.4 is 10.1 Å². The number of aromatic nitrogens is 1. The van der Waals surface area contributed by atoms with Crippen LogP contribution in [0.4, 0.5) is 5.13 Å². The number of carbonyl (C=O) groups is 1. The fourth-order valence-corrected chi connectivity index (χ4v) is 4.35. The van der Waals surface area contributed by atoms with E-state index in [9.17, 15) is 10.1 Å². The first kappa shape index (κ1) is 25.2. The summed E-state index contributed by atoms with van der Waals surface area (Å²) in [6.45, 7) is 4.97. The second kappa shape index (κ2) is 13.3. The Hall–Kier alpha value is -3.43. The van der Waals surface area contributed by atoms with Crippen LogP contribution >= 0.6 is 11.3 Å². The van der Waals surface area contributed by atoms with Crippen molar-refractivity contribution in [3.8, 4) is 11.8 Å². The molecule has 0 aliphatic carbocycles. The molecule has 3 aromatic rings. The average molecular weight is 474 g/mol. The molecular formula is C28H31N3O2S. The highest BCUT2D eigenvalue weighted by atomic mass is 32.1. The number of rotatable bonds is 12. The standard InChI is InChI=1S/C28H31N3O2S/c1-3-4-5-6-7-15-33-25-13-11-22(12-14-25)17-24(19-29)27(32)31-28-30-20-26(34-28)18-23-10-8-9-21(2)16-23/h8-14,16-17,20H,3-7,15,18H2,1-2H3,(H,30,31,32). The summed E-state index contributed by atoms with van der Waals surface area (Å²) in [4.78, 5) is 18.0. The van der Waals surface area contributed by atoms with Crippen LogP contribution in [0, 0.1) is 18.3 Å². The number of thiazole rings is 1. The summed E-state index contributed by atoms with van der Waals surface area (Å²) in [5, 5.41) is 12.7. The summed E-state index contributed by atoms with van der Waals surface area (Å²) in [5.74, 6) is 0.325. The molecule has 0 radical (unpaired) electrons. The minimum absolute atomic E-state index is 0.0278. The molecule has 3 rings (SSSR count). The van der Waals surface area contributed by atoms with Gasteiger partial charge < -0.3 is 4.74 Å². The molecular weight excluding hydrogens is 442 g/mol. The minimum atomic E-state index is -0.466. The molecule has 1 heterocycles. The van der Waals surface area contributed by atoms with Gasteiger partial charge in [0, 0.05) is 17.5 Å². The van der Waals surface area contributed by atoms with Gasteiger partial charge in [0.25, 0.3) is 5.91 Å². The van der Waals surface area contributed by atoms with Gasteiger partial charge in [-0.2, -0.15) is 5.26 Å². The van der Waals surface area contributed by atoms with Crippen LogP contribution in [-0.2, 0) is 11.2 Å². The zero-order valence-electron chi connectivity index (χ0n) is 19.8. The third kappa shape index (κ3) is 8.17. The number of unbranched alkanes of at least 4 members (excludes halogenated alkanes) is 4. The summed E-state index contributed by atoms with van der Waals surface area (Å²) in [6, 6.07) is 17.7. The molecule has 176 valence electrons. The van der Waals surface area contributed by atoms with Crippen molar-refractivity contribution < 1.29 is 9.53 Å². The number of aryl methyl sites for hydroxylation is 1. The van der Waals surface area contributed by atoms with Crippen LogP contribution in [0.1, 0.15) is 60.6 Å². The van der Waals surface area contributed by atoms with Gasteiger partial charge in [0.05, 0.1) is 6.61 Å². The van der Waals surface area contributed by atoms with Crippen LogP contribution in [0.2, 0.25) is 0 Å². The predicted molar refractivity (Wildman–Crippen MR) is 139 cm³/mol. The molecule has 5 nitrogen and oxygen atoms in total. The second-order valence-electron chi connectivity index (χ2n) is 8.25. The van der Waals surface area contributed by atoms with E-state index in [1.54, 1.807) is 12.3 Å². The Morgan fingerprint density at radius 2 is 1.94 bits per heavy atom. The Morgan fingerprint density at radius 1 is 1.15 bits per heavy atom. The normalized spacial score (nSPS) is 11.1. The van der Waals surface area contributed by atoms with Gasteiger partial charge >= 0.3 is 0 Å². The zero-order chi connectivity index (χ0) is 24.2. The molecule has 34 heavy (non-hydrogen) atoms. The highest BCUT2D eigenvalue weighted by Crippen LogP contribution is 2.22. The molecule has 0 aliphatic rings. The van der Waals surface area contributed by atoms with Crippen molar-refractivity contribution in [1.29, 1.82) is 5.26 Å². The van der Waals surface area contributed by atoms with Gasteiger partial charge in [0.15, 0.2) is 5.13 Å². The number of anilines is 1. The van der Waals surface area contributed by atoms with E-state index in [1.807, 2.05) is 36.4 Å². The van der Waals surface area contributed by atoms with Gasteiger partial charge in [0.2, 0.25) is 0 Å². The number of nitrogens with zero attached hydrogens (tertiary/aromatic N) is 2. The summed E-state index contributed by atoms with van der Waals surface area (Å²) in [5.41, 5.74) is 3.20. The predicted octanol–water partition coefficient (Wildman–Crippen LogP) is 6.94. The van der Waals surface area contributed by atoms with Gasteiger partial charge in [0.1, 0.15) is 17.4 Å². The lowest BCUT2D eigenvalue weighted by molar-refractivity contribution is -0.112. The van der Waals surface area contributed by atoms with Crippen LogP contribution in [0.15, 0.2) is 60.3 Å². The number of hydrogen-bond donors (Lipinski definition) is 1. The van der Waals surface area contributed by atoms with E-state index in [1.165, 1.54) is 48.1 Å². The van der Waals surface area contributed by atoms with Crippen molar-refractivity contribution in [1.82, 2.24) is 4.98 Å². The summed E-state index contributed by atoms with van der Waals surface area (Å²) in [7, 11) is 0. The highest BCUT2D eigenvalue weighted by molar-refractivity contribution is 7.15. The molecule has 2 aromatic carbocycles. The number of ether oxygens (including phenoxy) is 1. The fraction of sp³-hybridized carbons (Fsp3) is 0.321. The third-order valence-corrected chi connectivity index (χ3v) is 6.22. The summed E-state index contributed by atoms with van der Waals surface area (Å²) in [6.07, 6.45) is 10.1. The van der Waals surface area contributed by atoms with Crippen LogP contribution in [-0.4, -0.2) is 17.5 Å². The van der Waals surface area contributed by atoms with Crippen molar-refractivity contribution in [2.45, 2.75) is 52.4 Å². The van der Waals surface area contributed by atoms with Gasteiger partial charge in [-0.25, -0.2) is 4.98 Å². The van der Waals surface area contributed by atoms with E-state index >= 15 is 0 Å². The number of amides is 1. The van der Waals surface area contributed by atoms with Crippen molar-refractivity contribution in [3.05, 3.63) is 81.9 Å². The summed E-state index contributed by atoms with van der Waals surface area (Å²) < 4.78 is 5.78. The number of benzene rings is 2. The van der Waals surface area contributed by atoms with E-state index in [0.717, 1.165) is 29.0 Å². The Morgan fingerprint density at radius 3 is 2.68 bits per heavy atom. The Balaban J connectivity index is 1.53. The molecule has 6 heteroatoms. The molecule has 0 atom stereocenters. The van der Waals surface area contributed by atoms with E-state index in [0.29, 0.717) is 11.7 Å². The van der Waals surface area contributed by atoms with Crippen molar-refractivity contribution in [3.63, 3.8) is 0 Å². The molecule has 0 spiro atoms. The lowest BCUT2D eigenvalue weighted by Gasteiger charge is -2.06. The van der Waals surface area contributed by atoms with Crippen LogP contribution in [0.5, 0.6) is 5.75 Å². The molecule has 1 N–H and O–H groups in total. The molecule has 1 amide bonds. The van der Waals surface area contributed by atoms with Crippen LogP contribution in [0.25, 0.3) is 6.08 Å². The average Bonchev–Trinajstić information content (AvgIpc) is 3.27. The van der Waals surface area contributed by atoms with Crippen molar-refractivity contribution >= 4 is 28.5 Å². The lowest BCUT2D eigenvalue weighted by Crippen LogP contribution is -2.13. The fourth-order valence-electron chi connectivity index (χ4n) is 3.51. The molecule has 0 unspecified atom stereocenters. The topological polar surface area (TPSA) is 75.0 Å². The third-order valence-electron chi connectivity index (χ3n) is 5.31. The van der Waals surface area contributed by atoms with Gasteiger partial charge in [-0.3, -0.25) is 10.1 Å². The molecule has 0 saturated heterocycles. The largest absolute Gasteiger partial charge is 0.494 e. The molecule has 0 bridgehead atoms. The van der Waals surface area contributed by atoms with Gasteiger partial charge in [-0.15, -0.1) is 11.3 Å². The van der Waals surface area contributed by atoms with Crippen molar-refractivity contribution in [2.75, 3.05) is 11.9 Å². The first-order valence-corrected chi connectivity index (χ1v) is 12.6. The maximum absolute atomic E-state index is 12.6. The SMILES string of the molecule is CCCCCCCOc1ccc(C=C(C#N)C(=O)Nc2ncc(Cc3cccc(C)c3)s2)cc1. The highest BCUT2D eigenvalue weighted by Gasteiger charge is 2.12. The van der Waals surface area contributed by atoms with E-state index in [2.05, 4.69) is 42.3 Å². The van der Waals surface area contributed by atoms with E-state index in [-0.39, 0.29) is 5.57 Å². The second-order valence-corrected chi connectivity index (χ2v) is 9.37. The first-order chi connectivity index (χ1) is 16.6. The van der Waals surface area contributed by atoms with E-state index in [4.69, 9.17) is 4.74 Å². The van der Waals surface area contributed by atoms with Crippen LogP contribution in [0.3, 0.4) is 0 Å². The maximum atomic E-state index is 12.6. The number of nitriles is 1. The molecule has 1 aromatic heterocycles. The molecule has 0 fully saturated rings. The molecule has 0 saturated carbocycles. The van der Waals surface area contributed by atoms with E-state index < -0.39 is 5.91 Å². The quantitative estimate of drug-likeness (QED) is 0.176. The number of carbonyl (C=O) groups excluding carboxylic acids is 1. The minimum Gasteiger partial charge on any atom is -0.494 e. The Kier molecular flexibility index (Phi) is 9.87. The molecule has 0 aliphatic heterocycles.